The summed E-state index contributed by atoms with van der Waals surface area (Å²) in [5.74, 6) is -2.83. The van der Waals surface area contributed by atoms with E-state index in [9.17, 15) is 43.2 Å². The van der Waals surface area contributed by atoms with Gasteiger partial charge in [0, 0.05) is 85.6 Å². The van der Waals surface area contributed by atoms with E-state index in [4.69, 9.17) is 56.1 Å². The van der Waals surface area contributed by atoms with E-state index < -0.39 is 58.9 Å². The van der Waals surface area contributed by atoms with Crippen molar-refractivity contribution in [1.29, 1.82) is 0 Å². The molecule has 43 nitrogen and oxygen atoms in total. The highest BCUT2D eigenvalue weighted by Crippen LogP contribution is 2.34. The molecule has 2 saturated heterocycles. The molecule has 2 aliphatic rings. The van der Waals surface area contributed by atoms with Gasteiger partial charge >= 0.3 is 47.8 Å². The van der Waals surface area contributed by atoms with Crippen molar-refractivity contribution in [3.05, 3.63) is 198 Å². The van der Waals surface area contributed by atoms with E-state index in [2.05, 4.69) is 107 Å². The van der Waals surface area contributed by atoms with Crippen LogP contribution in [-0.4, -0.2) is 297 Å². The summed E-state index contributed by atoms with van der Waals surface area (Å²) in [6.07, 6.45) is 2.66. The number of carboxylic acids is 8. The molecule has 1 unspecified atom stereocenters. The van der Waals surface area contributed by atoms with Crippen LogP contribution in [0.15, 0.2) is 206 Å². The zero-order valence-electron chi connectivity index (χ0n) is 76.3. The molecule has 734 valence electrons. The summed E-state index contributed by atoms with van der Waals surface area (Å²) < 4.78 is 16.8. The van der Waals surface area contributed by atoms with Crippen molar-refractivity contribution in [2.75, 3.05) is 92.0 Å². The third-order valence-corrected chi connectivity index (χ3v) is 25.8. The molecule has 14 N–H and O–H groups in total. The summed E-state index contributed by atoms with van der Waals surface area (Å²) in [6, 6.07) is 52.7. The molecule has 1 atom stereocenters. The summed E-state index contributed by atoms with van der Waals surface area (Å²) >= 11 is 7.89. The lowest BCUT2D eigenvalue weighted by Crippen LogP contribution is -2.36. The second kappa shape index (κ2) is 54.8. The van der Waals surface area contributed by atoms with Crippen molar-refractivity contribution in [3.8, 4) is 85.5 Å². The van der Waals surface area contributed by atoms with Gasteiger partial charge in [0.15, 0.2) is 56.2 Å². The topological polar surface area (TPSA) is 625 Å². The van der Waals surface area contributed by atoms with Gasteiger partial charge < -0.3 is 74.7 Å². The normalized spacial score (nSPS) is 12.2. The minimum absolute atomic E-state index is 0.0141. The van der Waals surface area contributed by atoms with Gasteiger partial charge in [-0.1, -0.05) is 214 Å². The Morgan fingerprint density at radius 2 is 0.793 bits per heavy atom. The predicted molar refractivity (Wildman–Crippen MR) is 528 cm³/mol. The number of aromatic carboxylic acids is 1. The Balaban J connectivity index is 0.000000169. The van der Waals surface area contributed by atoms with E-state index in [0.717, 1.165) is 165 Å². The fourth-order valence-corrected chi connectivity index (χ4v) is 17.1. The zero-order chi connectivity index (χ0) is 101. The number of carbonyl (C=O) groups is 9. The van der Waals surface area contributed by atoms with E-state index in [1.54, 1.807) is 49.4 Å². The average Bonchev–Trinajstić information content (AvgIpc) is 1.63. The van der Waals surface area contributed by atoms with Gasteiger partial charge in [-0.05, 0) is 108 Å². The molecular weight excluding hydrogens is 1950 g/mol. The molecule has 50 heteroatoms. The van der Waals surface area contributed by atoms with Crippen molar-refractivity contribution in [1.82, 2.24) is 110 Å². The maximum Gasteiger partial charge on any atom is 0.336 e. The molecule has 2 aliphatic heterocycles. The van der Waals surface area contributed by atoms with E-state index in [0.29, 0.717) is 91.3 Å². The van der Waals surface area contributed by atoms with Crippen molar-refractivity contribution in [2.24, 2.45) is 26.9 Å². The number of nitrogens with zero attached hydrogens (tertiary/aromatic N) is 19. The van der Waals surface area contributed by atoms with Crippen LogP contribution in [0.3, 0.4) is 0 Å². The number of nitrogens with two attached hydrogens (primary N) is 1. The van der Waals surface area contributed by atoms with Gasteiger partial charge in [-0.2, -0.15) is 0 Å². The maximum atomic E-state index is 11.3. The number of hydrogen-bond donors (Lipinski definition) is 13. The first-order chi connectivity index (χ1) is 67.2. The first kappa shape index (κ1) is 108. The smallest absolute Gasteiger partial charge is 0.336 e. The van der Waals surface area contributed by atoms with Crippen molar-refractivity contribution >= 4 is 142 Å². The highest BCUT2D eigenvalue weighted by atomic mass is 32.2. The molecule has 0 aliphatic carbocycles. The third-order valence-electron chi connectivity index (χ3n) is 19.4. The molecular formula is C90H98N24O19S7. The SMILES string of the molecule is Cc1cccc(-c2nnc(SC(C)C(=O)O)n2C)c1.Cc1cccc(-c2nnc(SCC(=O)O)n2C)c1.Cc1cccc(-c2nnc(SCCC(=O)O)n2C)c1.NC(=O)c1ccccc1-c1nc(SCC(=O)O)n[nH]1.O=C(O)CSc1n[nH]c(-c2ccccc2C(=O)O)n1.O=C(O)CSc1n[nH]c(-c2ccccc2N2CCOCC2)n1.O=C(O)CSc1n[nH]c(-c2ccccc2OCCN2CCCC2)n1. The number of carbonyl (C=O) groups excluding carboxylic acids is 1. The molecule has 16 rings (SSSR count). The summed E-state index contributed by atoms with van der Waals surface area (Å²) in [5.41, 5.74) is 15.9. The molecule has 14 aromatic rings. The van der Waals surface area contributed by atoms with Crippen LogP contribution in [0.5, 0.6) is 5.75 Å². The van der Waals surface area contributed by atoms with E-state index in [-0.39, 0.29) is 45.9 Å². The van der Waals surface area contributed by atoms with Crippen LogP contribution < -0.4 is 15.4 Å². The number of hydrogen-bond acceptors (Lipinski definition) is 34. The second-order valence-electron chi connectivity index (χ2n) is 29.8. The lowest BCUT2D eigenvalue weighted by Gasteiger charge is -2.30. The largest absolute Gasteiger partial charge is 0.491 e. The average molecular weight is 2040 g/mol. The third kappa shape index (κ3) is 33.8. The predicted octanol–water partition coefficient (Wildman–Crippen LogP) is 12.4. The van der Waals surface area contributed by atoms with Crippen molar-refractivity contribution < 1.29 is 93.5 Å². The van der Waals surface area contributed by atoms with Gasteiger partial charge in [-0.3, -0.25) is 63.7 Å². The van der Waals surface area contributed by atoms with Gasteiger partial charge in [0.05, 0.1) is 65.1 Å². The Morgan fingerprint density at radius 1 is 0.421 bits per heavy atom. The highest BCUT2D eigenvalue weighted by molar-refractivity contribution is 8.01. The molecule has 0 spiro atoms. The molecule has 7 aromatic carbocycles. The van der Waals surface area contributed by atoms with Crippen LogP contribution in [0.1, 0.15) is 63.6 Å². The van der Waals surface area contributed by atoms with E-state index in [1.807, 2.05) is 171 Å². The number of carboxylic acid groups (broad SMARTS) is 8. The minimum atomic E-state index is -1.06. The van der Waals surface area contributed by atoms with Crippen LogP contribution in [0.2, 0.25) is 0 Å². The van der Waals surface area contributed by atoms with E-state index >= 15 is 0 Å². The summed E-state index contributed by atoms with van der Waals surface area (Å²) in [5, 5.41) is 124. The zero-order valence-corrected chi connectivity index (χ0v) is 82.0. The van der Waals surface area contributed by atoms with Gasteiger partial charge in [-0.15, -0.1) is 51.0 Å². The Kier molecular flexibility index (Phi) is 42.1. The molecule has 0 bridgehead atoms. The highest BCUT2D eigenvalue weighted by Gasteiger charge is 2.24. The number of aryl methyl sites for hydroxylation is 3. The number of rotatable bonds is 36. The number of nitrogens with one attached hydrogen (secondary N) is 4. The fourth-order valence-electron chi connectivity index (χ4n) is 12.8. The second-order valence-corrected chi connectivity index (χ2v) is 36.9. The summed E-state index contributed by atoms with van der Waals surface area (Å²) in [4.78, 5) is 118. The number of anilines is 1. The lowest BCUT2D eigenvalue weighted by molar-refractivity contribution is -0.137. The van der Waals surface area contributed by atoms with Crippen molar-refractivity contribution in [3.63, 3.8) is 0 Å². The Morgan fingerprint density at radius 3 is 1.21 bits per heavy atom. The lowest BCUT2D eigenvalue weighted by atomic mass is 10.1. The number of likely N-dealkylation sites (tertiary alicyclic amines) is 1. The number of aliphatic carboxylic acids is 7. The van der Waals surface area contributed by atoms with Gasteiger partial charge in [-0.25, -0.2) is 24.7 Å². The molecule has 1 amide bonds. The van der Waals surface area contributed by atoms with Gasteiger partial charge in [0.25, 0.3) is 0 Å². The maximum absolute atomic E-state index is 11.3. The Hall–Kier alpha value is -14.3. The molecule has 2 fully saturated rings. The minimum Gasteiger partial charge on any atom is -0.491 e. The number of morpholine rings is 1. The van der Waals surface area contributed by atoms with Gasteiger partial charge in [0.1, 0.15) is 17.6 Å². The van der Waals surface area contributed by atoms with Crippen LogP contribution in [0.4, 0.5) is 5.69 Å². The Bertz CT molecular complexity index is 6430. The first-order valence-corrected chi connectivity index (χ1v) is 49.2. The number of aromatic amines is 4. The number of primary amides is 1. The molecule has 140 heavy (non-hydrogen) atoms. The first-order valence-electron chi connectivity index (χ1n) is 42.4. The number of amides is 1. The van der Waals surface area contributed by atoms with Crippen LogP contribution in [0.25, 0.3) is 79.7 Å². The number of ether oxygens (including phenoxy) is 2. The number of para-hydroxylation sites is 2. The van der Waals surface area contributed by atoms with Crippen LogP contribution >= 0.6 is 82.3 Å². The van der Waals surface area contributed by atoms with Gasteiger partial charge in [0.2, 0.25) is 26.5 Å². The number of H-pyrrole nitrogens is 4. The molecule has 0 radical (unpaired) electrons. The fraction of sp³-hybridized carbons (Fsp3) is 0.278. The molecule has 7 aromatic heterocycles. The molecule has 9 heterocycles. The van der Waals surface area contributed by atoms with Crippen LogP contribution in [-0.2, 0) is 59.4 Å². The monoisotopic (exact) mass is 2040 g/mol. The quantitative estimate of drug-likeness (QED) is 0.0162. The number of aromatic nitrogens is 21. The standard InChI is InChI=1S/C16H20N4O3S.C14H16N4O3S.2C13H15N3O2S.C12H13N3O2S.C11H10N4O3S.C11H9N3O4S/c21-14(22)11-24-16-17-15(18-19-16)12-5-1-2-6-13(12)23-10-9-20-7-3-4-8-20;19-12(20)9-22-14-15-13(16-17-14)10-3-1-2-4-11(10)18-5-7-21-8-6-18;1-8-5-4-6-10(7-8)11-14-15-13(16(11)3)19-9(2)12(17)18;1-9-4-3-5-10(8-9)12-14-15-13(16(12)2)19-7-6-11(17)18;1-8-4-3-5-9(6-8)11-13-14-12(15(11)2)18-7-10(16)17;12-9(18)6-3-1-2-4-7(6)10-13-11(15-14-10)19-5-8(16)17;15-8(16)5-19-11-12-9(13-14-11)6-3-1-2-4-7(6)10(17)18/h1-2,5-6H,3-4,7-11H2,(H,21,22)(H,17,18,19);1-4H,5-9H2,(H,19,20)(H,15,16,17);4-7,9H,1-3H3,(H,17,18);3-5,8H,6-7H2,1-2H3,(H,17,18);3-6H,7H2,1-2H3,(H,16,17);1-4H,5H2,(H2,12,18)(H,16,17)(H,13,14,15);1-4H,5H2,(H,15,16)(H,17,18)(H,12,13,14). The van der Waals surface area contributed by atoms with E-state index in [1.165, 1.54) is 48.0 Å². The van der Waals surface area contributed by atoms with Crippen LogP contribution in [0, 0.1) is 20.8 Å². The summed E-state index contributed by atoms with van der Waals surface area (Å²) in [6.45, 7) is 14.6. The number of thioether (sulfide) groups is 7. The number of benzene rings is 7. The van der Waals surface area contributed by atoms with Crippen molar-refractivity contribution in [2.45, 2.75) is 88.3 Å². The molecule has 0 saturated carbocycles. The summed E-state index contributed by atoms with van der Waals surface area (Å²) in [7, 11) is 5.57. The Labute approximate surface area is 829 Å².